The smallest absolute Gasteiger partial charge is 0.209 e. The van der Waals surface area contributed by atoms with E-state index in [9.17, 15) is 8.42 Å². The predicted octanol–water partition coefficient (Wildman–Crippen LogP) is 1.51. The highest BCUT2D eigenvalue weighted by molar-refractivity contribution is 9.10. The van der Waals surface area contributed by atoms with Gasteiger partial charge in [0.1, 0.15) is 0 Å². The fourth-order valence-electron chi connectivity index (χ4n) is 2.32. The molecule has 24 heavy (non-hydrogen) atoms. The van der Waals surface area contributed by atoms with Crippen molar-refractivity contribution in [2.24, 2.45) is 12.0 Å². The summed E-state index contributed by atoms with van der Waals surface area (Å²) in [6.07, 6.45) is 3.16. The summed E-state index contributed by atoms with van der Waals surface area (Å²) in [5.74, 6) is 0.734. The highest BCUT2D eigenvalue weighted by atomic mass is 79.9. The Balaban J connectivity index is 2.86. The monoisotopic (exact) mass is 421 g/mol. The van der Waals surface area contributed by atoms with Gasteiger partial charge < -0.3 is 14.8 Å². The van der Waals surface area contributed by atoms with Gasteiger partial charge in [-0.15, -0.1) is 0 Å². The van der Waals surface area contributed by atoms with Gasteiger partial charge in [0.25, 0.3) is 0 Å². The minimum atomic E-state index is -3.28. The van der Waals surface area contributed by atoms with Crippen LogP contribution in [0.2, 0.25) is 0 Å². The van der Waals surface area contributed by atoms with Gasteiger partial charge >= 0.3 is 0 Å². The molecule has 1 aromatic heterocycles. The molecular formula is C15H28BrN5O2S. The highest BCUT2D eigenvalue weighted by Crippen LogP contribution is 2.15. The van der Waals surface area contributed by atoms with Crippen LogP contribution in [-0.4, -0.2) is 55.8 Å². The van der Waals surface area contributed by atoms with E-state index in [1.807, 2.05) is 46.0 Å². The van der Waals surface area contributed by atoms with Crippen molar-refractivity contribution in [1.82, 2.24) is 19.5 Å². The van der Waals surface area contributed by atoms with Gasteiger partial charge in [-0.05, 0) is 42.8 Å². The van der Waals surface area contributed by atoms with E-state index in [1.54, 1.807) is 0 Å². The molecule has 0 aromatic carbocycles. The van der Waals surface area contributed by atoms with E-state index in [2.05, 4.69) is 41.6 Å². The third kappa shape index (κ3) is 7.23. The molecule has 0 atom stereocenters. The first kappa shape index (κ1) is 21.0. The molecule has 2 N–H and O–H groups in total. The van der Waals surface area contributed by atoms with Crippen LogP contribution in [0.15, 0.2) is 21.7 Å². The van der Waals surface area contributed by atoms with Crippen molar-refractivity contribution in [2.45, 2.75) is 32.9 Å². The number of halogens is 1. The number of aliphatic imine (C=N–C) groups is 1. The molecular weight excluding hydrogens is 394 g/mol. The summed E-state index contributed by atoms with van der Waals surface area (Å²) < 4.78 is 28.6. The van der Waals surface area contributed by atoms with Gasteiger partial charge in [-0.1, -0.05) is 0 Å². The number of aryl methyl sites for hydroxylation is 1. The fourth-order valence-corrected chi connectivity index (χ4v) is 3.96. The maximum atomic E-state index is 11.4. The first-order valence-electron chi connectivity index (χ1n) is 7.72. The Kier molecular flexibility index (Phi) is 7.30. The lowest BCUT2D eigenvalue weighted by molar-refractivity contribution is 0.440. The van der Waals surface area contributed by atoms with Gasteiger partial charge in [0, 0.05) is 42.5 Å². The van der Waals surface area contributed by atoms with Crippen LogP contribution in [0, 0.1) is 0 Å². The van der Waals surface area contributed by atoms with Crippen molar-refractivity contribution in [1.29, 1.82) is 0 Å². The van der Waals surface area contributed by atoms with Gasteiger partial charge in [0.05, 0.1) is 19.3 Å². The van der Waals surface area contributed by atoms with Crippen LogP contribution in [0.4, 0.5) is 0 Å². The zero-order valence-corrected chi connectivity index (χ0v) is 17.6. The van der Waals surface area contributed by atoms with Crippen molar-refractivity contribution < 1.29 is 8.42 Å². The summed E-state index contributed by atoms with van der Waals surface area (Å²) >= 11 is 3.48. The van der Waals surface area contributed by atoms with Crippen LogP contribution >= 0.6 is 15.9 Å². The SMILES string of the molecule is CCNC(=NCC(C)(C)NS(C)(=O)=O)N(C)Cc1cc(Br)cn1C. The molecule has 1 heterocycles. The normalized spacial score (nSPS) is 13.2. The average Bonchev–Trinajstić information content (AvgIpc) is 2.69. The van der Waals surface area contributed by atoms with Crippen LogP contribution in [0.3, 0.4) is 0 Å². The second kappa shape index (κ2) is 8.35. The van der Waals surface area contributed by atoms with E-state index in [4.69, 9.17) is 0 Å². The Labute approximate surface area is 153 Å². The van der Waals surface area contributed by atoms with Crippen molar-refractivity contribution in [3.63, 3.8) is 0 Å². The number of aromatic nitrogens is 1. The summed E-state index contributed by atoms with van der Waals surface area (Å²) in [4.78, 5) is 6.60. The number of hydrogen-bond donors (Lipinski definition) is 2. The van der Waals surface area contributed by atoms with Crippen molar-refractivity contribution in [2.75, 3.05) is 26.4 Å². The molecule has 1 aromatic rings. The number of nitrogens with zero attached hydrogens (tertiary/aromatic N) is 3. The number of sulfonamides is 1. The standard InChI is InChI=1S/C15H28BrN5O2S/c1-7-17-14(18-11-15(2,3)19-24(6,22)23)21(5)10-13-8-12(16)9-20(13)4/h8-9,19H,7,10-11H2,1-6H3,(H,17,18). The summed E-state index contributed by atoms with van der Waals surface area (Å²) in [5, 5.41) is 3.24. The molecule has 0 fully saturated rings. The zero-order chi connectivity index (χ0) is 18.5. The molecule has 0 aliphatic heterocycles. The first-order valence-corrected chi connectivity index (χ1v) is 10.4. The second-order valence-electron chi connectivity index (χ2n) is 6.54. The fraction of sp³-hybridized carbons (Fsp3) is 0.667. The molecule has 0 radical (unpaired) electrons. The van der Waals surface area contributed by atoms with E-state index >= 15 is 0 Å². The highest BCUT2D eigenvalue weighted by Gasteiger charge is 2.22. The molecule has 0 saturated heterocycles. The van der Waals surface area contributed by atoms with E-state index < -0.39 is 15.6 Å². The molecule has 9 heteroatoms. The summed E-state index contributed by atoms with van der Waals surface area (Å²) in [6, 6.07) is 2.06. The molecule has 0 saturated carbocycles. The number of nitrogens with one attached hydrogen (secondary N) is 2. The molecule has 7 nitrogen and oxygen atoms in total. The van der Waals surface area contributed by atoms with Gasteiger partial charge in [0.2, 0.25) is 10.0 Å². The maximum absolute atomic E-state index is 11.4. The Hall–Kier alpha value is -1.06. The zero-order valence-electron chi connectivity index (χ0n) is 15.2. The van der Waals surface area contributed by atoms with E-state index in [-0.39, 0.29) is 0 Å². The molecule has 0 bridgehead atoms. The quantitative estimate of drug-likeness (QED) is 0.516. The average molecular weight is 422 g/mol. The van der Waals surface area contributed by atoms with E-state index in [1.165, 1.54) is 0 Å². The maximum Gasteiger partial charge on any atom is 0.209 e. The lowest BCUT2D eigenvalue weighted by Crippen LogP contribution is -2.47. The molecule has 1 rings (SSSR count). The molecule has 0 unspecified atom stereocenters. The Morgan fingerprint density at radius 2 is 2.08 bits per heavy atom. The van der Waals surface area contributed by atoms with Crippen LogP contribution in [0.1, 0.15) is 26.5 Å². The summed E-state index contributed by atoms with van der Waals surface area (Å²) in [6.45, 7) is 7.39. The van der Waals surface area contributed by atoms with Crippen LogP contribution < -0.4 is 10.0 Å². The largest absolute Gasteiger partial charge is 0.357 e. The lowest BCUT2D eigenvalue weighted by Gasteiger charge is -2.26. The molecule has 0 spiro atoms. The number of guanidine groups is 1. The number of rotatable bonds is 7. The Morgan fingerprint density at radius 3 is 2.54 bits per heavy atom. The topological polar surface area (TPSA) is 78.7 Å². The van der Waals surface area contributed by atoms with E-state index in [0.717, 1.165) is 28.9 Å². The van der Waals surface area contributed by atoms with Gasteiger partial charge in [-0.3, -0.25) is 4.99 Å². The molecule has 0 amide bonds. The predicted molar refractivity (Wildman–Crippen MR) is 103 cm³/mol. The van der Waals surface area contributed by atoms with Crippen LogP contribution in [0.5, 0.6) is 0 Å². The van der Waals surface area contributed by atoms with Crippen molar-refractivity contribution in [3.05, 3.63) is 22.4 Å². The minimum Gasteiger partial charge on any atom is -0.357 e. The second-order valence-corrected chi connectivity index (χ2v) is 9.21. The third-order valence-electron chi connectivity index (χ3n) is 3.26. The van der Waals surface area contributed by atoms with Gasteiger partial charge in [-0.2, -0.15) is 0 Å². The molecule has 138 valence electrons. The third-order valence-corrected chi connectivity index (χ3v) is 4.61. The van der Waals surface area contributed by atoms with Gasteiger partial charge in [0.15, 0.2) is 5.96 Å². The van der Waals surface area contributed by atoms with Crippen molar-refractivity contribution in [3.8, 4) is 0 Å². The summed E-state index contributed by atoms with van der Waals surface area (Å²) in [7, 11) is 0.679. The Bertz CT molecular complexity index is 682. The van der Waals surface area contributed by atoms with Gasteiger partial charge in [-0.25, -0.2) is 13.1 Å². The Morgan fingerprint density at radius 1 is 1.46 bits per heavy atom. The van der Waals surface area contributed by atoms with Crippen LogP contribution in [-0.2, 0) is 23.6 Å². The first-order chi connectivity index (χ1) is 10.9. The molecule has 0 aliphatic rings. The number of hydrogen-bond acceptors (Lipinski definition) is 3. The van der Waals surface area contributed by atoms with Crippen molar-refractivity contribution >= 4 is 31.9 Å². The summed E-state index contributed by atoms with van der Waals surface area (Å²) in [5.41, 5.74) is 0.492. The van der Waals surface area contributed by atoms with E-state index in [0.29, 0.717) is 13.1 Å². The molecule has 0 aliphatic carbocycles. The minimum absolute atomic E-state index is 0.337. The van der Waals surface area contributed by atoms with Crippen LogP contribution in [0.25, 0.3) is 0 Å². The lowest BCUT2D eigenvalue weighted by atomic mass is 10.1.